The van der Waals surface area contributed by atoms with E-state index in [9.17, 15) is 0 Å². The summed E-state index contributed by atoms with van der Waals surface area (Å²) in [5.41, 5.74) is 2.09. The van der Waals surface area contributed by atoms with E-state index in [1.165, 1.54) is 6.42 Å². The molecule has 0 radical (unpaired) electrons. The molecule has 0 bridgehead atoms. The van der Waals surface area contributed by atoms with E-state index in [0.717, 1.165) is 11.8 Å². The predicted molar refractivity (Wildman–Crippen MR) is 50.5 cm³/mol. The average Bonchev–Trinajstić information content (AvgIpc) is 1.95. The van der Waals surface area contributed by atoms with Crippen LogP contribution < -0.4 is 0 Å². The summed E-state index contributed by atoms with van der Waals surface area (Å²) in [6, 6.07) is 0. The molecule has 1 aliphatic carbocycles. The first-order valence-corrected chi connectivity index (χ1v) is 4.62. The van der Waals surface area contributed by atoms with Gasteiger partial charge < -0.3 is 0 Å². The van der Waals surface area contributed by atoms with Crippen molar-refractivity contribution in [3.05, 3.63) is 11.6 Å². The van der Waals surface area contributed by atoms with Crippen LogP contribution in [0.4, 0.5) is 0 Å². The van der Waals surface area contributed by atoms with Gasteiger partial charge in [-0.2, -0.15) is 0 Å². The molecule has 0 aromatic rings. The molecule has 0 heteroatoms. The van der Waals surface area contributed by atoms with Gasteiger partial charge in [-0.25, -0.2) is 0 Å². The fourth-order valence-corrected chi connectivity index (χ4v) is 1.87. The molecule has 1 aliphatic rings. The van der Waals surface area contributed by atoms with E-state index in [1.54, 1.807) is 5.57 Å². The lowest BCUT2D eigenvalue weighted by Crippen LogP contribution is -2.30. The van der Waals surface area contributed by atoms with Gasteiger partial charge in [0.2, 0.25) is 0 Å². The molecule has 64 valence electrons. The lowest BCUT2D eigenvalue weighted by atomic mass is 9.66. The van der Waals surface area contributed by atoms with E-state index in [-0.39, 0.29) is 0 Å². The molecule has 2 atom stereocenters. The van der Waals surface area contributed by atoms with E-state index in [1.807, 2.05) is 0 Å². The van der Waals surface area contributed by atoms with Crippen molar-refractivity contribution in [2.75, 3.05) is 0 Å². The van der Waals surface area contributed by atoms with Crippen molar-refractivity contribution >= 4 is 0 Å². The van der Waals surface area contributed by atoms with Crippen molar-refractivity contribution < 1.29 is 0 Å². The lowest BCUT2D eigenvalue weighted by molar-refractivity contribution is 0.171. The first kappa shape index (κ1) is 8.83. The number of allylic oxidation sites excluding steroid dienone is 2. The molecule has 2 unspecified atom stereocenters. The fraction of sp³-hybridized carbons (Fsp3) is 0.818. The van der Waals surface area contributed by atoms with Gasteiger partial charge in [-0.15, -0.1) is 0 Å². The SMILES string of the molecule is CC1=CCC(C)(C)C(C)C1C. The minimum atomic E-state index is 0.513. The van der Waals surface area contributed by atoms with Crippen LogP contribution >= 0.6 is 0 Å². The summed E-state index contributed by atoms with van der Waals surface area (Å²) in [6.07, 6.45) is 3.66. The second kappa shape index (κ2) is 2.66. The summed E-state index contributed by atoms with van der Waals surface area (Å²) in [7, 11) is 0. The molecule has 0 aromatic heterocycles. The van der Waals surface area contributed by atoms with Crippen molar-refractivity contribution in [3.63, 3.8) is 0 Å². The Morgan fingerprint density at radius 1 is 1.36 bits per heavy atom. The molecule has 0 saturated heterocycles. The lowest BCUT2D eigenvalue weighted by Gasteiger charge is -2.39. The summed E-state index contributed by atoms with van der Waals surface area (Å²) in [5, 5.41) is 0. The van der Waals surface area contributed by atoms with E-state index in [0.29, 0.717) is 5.41 Å². The molecule has 0 aromatic carbocycles. The zero-order chi connectivity index (χ0) is 8.65. The minimum absolute atomic E-state index is 0.513. The third-order valence-electron chi connectivity index (χ3n) is 3.65. The maximum Gasteiger partial charge on any atom is -0.0204 e. The Balaban J connectivity index is 2.85. The highest BCUT2D eigenvalue weighted by Crippen LogP contribution is 2.42. The van der Waals surface area contributed by atoms with Crippen molar-refractivity contribution in [1.29, 1.82) is 0 Å². The fourth-order valence-electron chi connectivity index (χ4n) is 1.87. The molecule has 0 spiro atoms. The smallest absolute Gasteiger partial charge is 0.0204 e. The summed E-state index contributed by atoms with van der Waals surface area (Å²) in [5.74, 6) is 1.60. The third-order valence-corrected chi connectivity index (χ3v) is 3.65. The van der Waals surface area contributed by atoms with Gasteiger partial charge in [-0.3, -0.25) is 0 Å². The van der Waals surface area contributed by atoms with Gasteiger partial charge in [0.1, 0.15) is 0 Å². The molecule has 1 rings (SSSR count). The molecule has 0 heterocycles. The monoisotopic (exact) mass is 152 g/mol. The van der Waals surface area contributed by atoms with Crippen LogP contribution in [0.15, 0.2) is 11.6 Å². The van der Waals surface area contributed by atoms with Crippen molar-refractivity contribution in [2.45, 2.75) is 41.0 Å². The molecule has 0 fully saturated rings. The Bertz CT molecular complexity index is 174. The topological polar surface area (TPSA) is 0 Å². The average molecular weight is 152 g/mol. The van der Waals surface area contributed by atoms with Crippen LogP contribution in [-0.2, 0) is 0 Å². The highest BCUT2D eigenvalue weighted by atomic mass is 14.4. The van der Waals surface area contributed by atoms with Crippen LogP contribution in [0.1, 0.15) is 41.0 Å². The van der Waals surface area contributed by atoms with Crippen LogP contribution in [0.3, 0.4) is 0 Å². The molecular weight excluding hydrogens is 132 g/mol. The summed E-state index contributed by atoms with van der Waals surface area (Å²) < 4.78 is 0. The molecule has 0 N–H and O–H groups in total. The molecule has 0 saturated carbocycles. The van der Waals surface area contributed by atoms with Crippen molar-refractivity contribution in [2.24, 2.45) is 17.3 Å². The van der Waals surface area contributed by atoms with Crippen molar-refractivity contribution in [3.8, 4) is 0 Å². The van der Waals surface area contributed by atoms with E-state index in [4.69, 9.17) is 0 Å². The number of rotatable bonds is 0. The quantitative estimate of drug-likeness (QED) is 0.465. The zero-order valence-electron chi connectivity index (χ0n) is 8.44. The maximum absolute atomic E-state index is 2.41. The Hall–Kier alpha value is -0.260. The van der Waals surface area contributed by atoms with Crippen LogP contribution in [0.2, 0.25) is 0 Å². The highest BCUT2D eigenvalue weighted by molar-refractivity contribution is 5.11. The summed E-state index contributed by atoms with van der Waals surface area (Å²) in [4.78, 5) is 0. The van der Waals surface area contributed by atoms with E-state index < -0.39 is 0 Å². The first-order chi connectivity index (χ1) is 4.95. The van der Waals surface area contributed by atoms with Gasteiger partial charge in [0, 0.05) is 0 Å². The maximum atomic E-state index is 2.41. The van der Waals surface area contributed by atoms with E-state index in [2.05, 4.69) is 40.7 Å². The highest BCUT2D eigenvalue weighted by Gasteiger charge is 2.32. The Kier molecular flexibility index (Phi) is 2.13. The summed E-state index contributed by atoms with van der Waals surface area (Å²) in [6.45, 7) is 11.7. The molecule has 0 aliphatic heterocycles. The van der Waals surface area contributed by atoms with Crippen LogP contribution in [0, 0.1) is 17.3 Å². The molecule has 11 heavy (non-hydrogen) atoms. The Morgan fingerprint density at radius 3 is 2.36 bits per heavy atom. The van der Waals surface area contributed by atoms with Gasteiger partial charge in [0.15, 0.2) is 0 Å². The van der Waals surface area contributed by atoms with Crippen molar-refractivity contribution in [1.82, 2.24) is 0 Å². The third kappa shape index (κ3) is 1.50. The van der Waals surface area contributed by atoms with Gasteiger partial charge in [0.25, 0.3) is 0 Å². The van der Waals surface area contributed by atoms with Gasteiger partial charge in [0.05, 0.1) is 0 Å². The summed E-state index contributed by atoms with van der Waals surface area (Å²) >= 11 is 0. The Morgan fingerprint density at radius 2 is 1.91 bits per heavy atom. The molecular formula is C11H20. The Labute approximate surface area is 70.7 Å². The van der Waals surface area contributed by atoms with Crippen LogP contribution in [0.25, 0.3) is 0 Å². The second-order valence-corrected chi connectivity index (χ2v) is 4.72. The largest absolute Gasteiger partial charge is 0.0848 e. The van der Waals surface area contributed by atoms with Crippen LogP contribution in [0.5, 0.6) is 0 Å². The number of hydrogen-bond donors (Lipinski definition) is 0. The standard InChI is InChI=1S/C11H20/c1-8-6-7-11(4,5)10(3)9(8)2/h6,9-10H,7H2,1-5H3. The van der Waals surface area contributed by atoms with Gasteiger partial charge >= 0.3 is 0 Å². The molecule has 0 amide bonds. The van der Waals surface area contributed by atoms with Gasteiger partial charge in [-0.05, 0) is 30.6 Å². The normalized spacial score (nSPS) is 36.6. The second-order valence-electron chi connectivity index (χ2n) is 4.72. The van der Waals surface area contributed by atoms with E-state index >= 15 is 0 Å². The number of hydrogen-bond acceptors (Lipinski definition) is 0. The minimum Gasteiger partial charge on any atom is -0.0848 e. The van der Waals surface area contributed by atoms with Gasteiger partial charge in [-0.1, -0.05) is 39.3 Å². The molecule has 0 nitrogen and oxygen atoms in total. The van der Waals surface area contributed by atoms with Crippen LogP contribution in [-0.4, -0.2) is 0 Å². The zero-order valence-corrected chi connectivity index (χ0v) is 8.44. The predicted octanol–water partition coefficient (Wildman–Crippen LogP) is 3.63. The first-order valence-electron chi connectivity index (χ1n) is 4.62.